The van der Waals surface area contributed by atoms with Crippen LogP contribution >= 0.6 is 0 Å². The Morgan fingerprint density at radius 2 is 1.13 bits per heavy atom. The molecule has 0 aliphatic heterocycles. The summed E-state index contributed by atoms with van der Waals surface area (Å²) in [5, 5.41) is 44.8. The van der Waals surface area contributed by atoms with E-state index in [-0.39, 0.29) is 30.4 Å². The first-order valence-electron chi connectivity index (χ1n) is 16.7. The summed E-state index contributed by atoms with van der Waals surface area (Å²) in [6, 6.07) is -0.148. The molecule has 0 saturated heterocycles. The van der Waals surface area contributed by atoms with E-state index in [9.17, 15) is 53.7 Å². The number of carbonyl (C=O) groups excluding carboxylic acids is 7. The lowest BCUT2D eigenvalue weighted by molar-refractivity contribution is -0.141. The molecule has 290 valence electrons. The second-order valence-corrected chi connectivity index (χ2v) is 13.0. The van der Waals surface area contributed by atoms with E-state index in [1.54, 1.807) is 13.8 Å². The molecule has 19 heteroatoms. The number of phenolic OH excluding ortho intramolecular Hbond substituents is 1. The number of carboxylic acids is 1. The smallest absolute Gasteiger partial charge is 0.326 e. The molecule has 12 N–H and O–H groups in total. The Labute approximate surface area is 301 Å². The van der Waals surface area contributed by atoms with Crippen molar-refractivity contribution in [3.05, 3.63) is 29.8 Å². The number of amides is 7. The van der Waals surface area contributed by atoms with Gasteiger partial charge < -0.3 is 58.3 Å². The number of carbonyl (C=O) groups is 8. The summed E-state index contributed by atoms with van der Waals surface area (Å²) >= 11 is 0. The van der Waals surface area contributed by atoms with Gasteiger partial charge in [-0.15, -0.1) is 0 Å². The van der Waals surface area contributed by atoms with Crippen molar-refractivity contribution in [2.24, 2.45) is 17.6 Å². The Morgan fingerprint density at radius 3 is 1.65 bits per heavy atom. The fraction of sp³-hybridized carbons (Fsp3) is 0.576. The molecule has 52 heavy (non-hydrogen) atoms. The number of hydrogen-bond donors (Lipinski definition) is 11. The lowest BCUT2D eigenvalue weighted by Gasteiger charge is -2.24. The fourth-order valence-corrected chi connectivity index (χ4v) is 4.55. The molecule has 1 rings (SSSR count). The van der Waals surface area contributed by atoms with Crippen LogP contribution in [0.1, 0.15) is 53.0 Å². The maximum Gasteiger partial charge on any atom is 0.326 e. The first-order valence-corrected chi connectivity index (χ1v) is 16.7. The van der Waals surface area contributed by atoms with Crippen LogP contribution in [0.2, 0.25) is 0 Å². The summed E-state index contributed by atoms with van der Waals surface area (Å²) in [5.74, 6) is -6.61. The molecule has 0 heterocycles. The van der Waals surface area contributed by atoms with E-state index in [1.807, 2.05) is 13.8 Å². The number of nitrogens with one attached hydrogen (secondary N) is 7. The number of nitrogens with two attached hydrogens (primary N) is 1. The zero-order chi connectivity index (χ0) is 39.5. The van der Waals surface area contributed by atoms with Gasteiger partial charge in [-0.1, -0.05) is 39.8 Å². The van der Waals surface area contributed by atoms with Crippen LogP contribution in [0.5, 0.6) is 5.75 Å². The van der Waals surface area contributed by atoms with Crippen LogP contribution < -0.4 is 43.0 Å². The molecule has 5 unspecified atom stereocenters. The van der Waals surface area contributed by atoms with Gasteiger partial charge >= 0.3 is 5.97 Å². The van der Waals surface area contributed by atoms with Gasteiger partial charge in [-0.25, -0.2) is 4.79 Å². The number of phenols is 1. The van der Waals surface area contributed by atoms with Crippen molar-refractivity contribution in [2.75, 3.05) is 26.2 Å². The summed E-state index contributed by atoms with van der Waals surface area (Å²) in [5.41, 5.74) is 6.37. The molecule has 0 fully saturated rings. The molecular formula is C33H52N8O11. The van der Waals surface area contributed by atoms with Crippen molar-refractivity contribution in [1.29, 1.82) is 0 Å². The zero-order valence-electron chi connectivity index (χ0n) is 30.0. The number of benzene rings is 1. The van der Waals surface area contributed by atoms with Crippen LogP contribution in [0.3, 0.4) is 0 Å². The fourth-order valence-electron chi connectivity index (χ4n) is 4.55. The molecule has 0 radical (unpaired) electrons. The van der Waals surface area contributed by atoms with Gasteiger partial charge in [0.1, 0.15) is 29.9 Å². The minimum Gasteiger partial charge on any atom is -0.508 e. The minimum atomic E-state index is -1.37. The summed E-state index contributed by atoms with van der Waals surface area (Å²) in [4.78, 5) is 99.0. The van der Waals surface area contributed by atoms with E-state index in [0.717, 1.165) is 0 Å². The number of hydrogen-bond acceptors (Lipinski definition) is 11. The van der Waals surface area contributed by atoms with E-state index < -0.39 is 104 Å². The van der Waals surface area contributed by atoms with Gasteiger partial charge in [0.05, 0.1) is 32.3 Å². The number of aliphatic carboxylic acids is 1. The number of aliphatic hydroxyl groups excluding tert-OH is 1. The Hall–Kier alpha value is -5.30. The van der Waals surface area contributed by atoms with Crippen molar-refractivity contribution in [3.63, 3.8) is 0 Å². The first-order chi connectivity index (χ1) is 24.3. The SMILES string of the molecule is CC(C)CC(N)C(=O)NC(CO)C(=O)NC(C)C(=O)NC(CC(C)C)C(=O)NCC(=O)NCC(=O)NCC(=O)NC(Cc1ccc(O)cc1)C(=O)O. The third kappa shape index (κ3) is 17.6. The number of carboxylic acid groups (broad SMARTS) is 1. The average Bonchev–Trinajstić information content (AvgIpc) is 3.06. The largest absolute Gasteiger partial charge is 0.508 e. The number of aliphatic hydroxyl groups is 1. The highest BCUT2D eigenvalue weighted by Crippen LogP contribution is 2.11. The van der Waals surface area contributed by atoms with Gasteiger partial charge in [-0.3, -0.25) is 33.6 Å². The van der Waals surface area contributed by atoms with Crippen molar-refractivity contribution in [1.82, 2.24) is 37.2 Å². The van der Waals surface area contributed by atoms with E-state index in [1.165, 1.54) is 31.2 Å². The van der Waals surface area contributed by atoms with E-state index >= 15 is 0 Å². The highest BCUT2D eigenvalue weighted by atomic mass is 16.4. The van der Waals surface area contributed by atoms with Gasteiger partial charge in [0, 0.05) is 6.42 Å². The Bertz CT molecular complexity index is 1400. The molecule has 7 amide bonds. The van der Waals surface area contributed by atoms with Crippen LogP contribution in [0.4, 0.5) is 0 Å². The third-order valence-corrected chi connectivity index (χ3v) is 7.29. The molecule has 19 nitrogen and oxygen atoms in total. The molecule has 0 aliphatic rings. The minimum absolute atomic E-state index is 0.00651. The van der Waals surface area contributed by atoms with Crippen LogP contribution in [0.15, 0.2) is 24.3 Å². The summed E-state index contributed by atoms with van der Waals surface area (Å²) in [6.45, 7) is 6.17. The van der Waals surface area contributed by atoms with E-state index in [4.69, 9.17) is 5.73 Å². The molecule has 0 aromatic heterocycles. The summed E-state index contributed by atoms with van der Waals surface area (Å²) in [7, 11) is 0. The van der Waals surface area contributed by atoms with Crippen molar-refractivity contribution < 1.29 is 53.7 Å². The van der Waals surface area contributed by atoms with E-state index in [0.29, 0.717) is 12.0 Å². The Morgan fingerprint density at radius 1 is 0.615 bits per heavy atom. The molecule has 0 bridgehead atoms. The van der Waals surface area contributed by atoms with Crippen molar-refractivity contribution >= 4 is 47.3 Å². The van der Waals surface area contributed by atoms with Crippen molar-refractivity contribution in [3.8, 4) is 5.75 Å². The van der Waals surface area contributed by atoms with E-state index in [2.05, 4.69) is 37.2 Å². The van der Waals surface area contributed by atoms with Crippen LogP contribution in [-0.4, -0.2) is 119 Å². The summed E-state index contributed by atoms with van der Waals surface area (Å²) < 4.78 is 0. The second kappa shape index (κ2) is 22.5. The molecule has 0 aliphatic carbocycles. The van der Waals surface area contributed by atoms with Crippen LogP contribution in [0.25, 0.3) is 0 Å². The van der Waals surface area contributed by atoms with Crippen LogP contribution in [0, 0.1) is 11.8 Å². The molecule has 1 aromatic rings. The number of rotatable bonds is 22. The normalized spacial score (nSPS) is 13.8. The summed E-state index contributed by atoms with van der Waals surface area (Å²) in [6.07, 6.45) is 0.435. The first kappa shape index (κ1) is 44.7. The highest BCUT2D eigenvalue weighted by molar-refractivity contribution is 5.95. The lowest BCUT2D eigenvalue weighted by atomic mass is 10.0. The highest BCUT2D eigenvalue weighted by Gasteiger charge is 2.29. The standard InChI is InChI=1S/C33H52N8O11/c1-17(2)10-22(34)30(48)41-25(16-42)32(50)38-19(5)29(47)40-23(11-18(3)4)31(49)37-14-27(45)35-13-26(44)36-15-28(46)39-24(33(51)52)12-20-6-8-21(43)9-7-20/h6-9,17-19,22-25,42-43H,10-16,34H2,1-5H3,(H,35,45)(H,36,44)(H,37,49)(H,38,50)(H,39,46)(H,40,47)(H,41,48)(H,51,52). The molecule has 1 aromatic carbocycles. The monoisotopic (exact) mass is 736 g/mol. The van der Waals surface area contributed by atoms with Gasteiger partial charge in [0.2, 0.25) is 41.4 Å². The second-order valence-electron chi connectivity index (χ2n) is 13.0. The topological polar surface area (TPSA) is 307 Å². The number of aromatic hydroxyl groups is 1. The Kier molecular flexibility index (Phi) is 19.4. The van der Waals surface area contributed by atoms with Crippen LogP contribution in [-0.2, 0) is 44.8 Å². The maximum atomic E-state index is 12.9. The van der Waals surface area contributed by atoms with Gasteiger partial charge in [0.15, 0.2) is 0 Å². The molecule has 5 atom stereocenters. The predicted octanol–water partition coefficient (Wildman–Crippen LogP) is -3.26. The van der Waals surface area contributed by atoms with Crippen molar-refractivity contribution in [2.45, 2.75) is 84.1 Å². The maximum absolute atomic E-state index is 12.9. The van der Waals surface area contributed by atoms with Gasteiger partial charge in [0.25, 0.3) is 0 Å². The lowest BCUT2D eigenvalue weighted by Crippen LogP contribution is -2.58. The Balaban J connectivity index is 2.57. The third-order valence-electron chi connectivity index (χ3n) is 7.29. The zero-order valence-corrected chi connectivity index (χ0v) is 30.0. The van der Waals surface area contributed by atoms with Gasteiger partial charge in [-0.05, 0) is 49.3 Å². The quantitative estimate of drug-likeness (QED) is 0.0559. The predicted molar refractivity (Wildman–Crippen MR) is 186 cm³/mol. The average molecular weight is 737 g/mol. The van der Waals surface area contributed by atoms with Gasteiger partial charge in [-0.2, -0.15) is 0 Å². The molecule has 0 spiro atoms. The molecular weight excluding hydrogens is 684 g/mol. The molecule has 0 saturated carbocycles.